The van der Waals surface area contributed by atoms with Crippen molar-refractivity contribution in [1.82, 2.24) is 4.90 Å². The van der Waals surface area contributed by atoms with Crippen LogP contribution in [-0.2, 0) is 4.74 Å². The number of amides is 1. The largest absolute Gasteiger partial charge is 0.450 e. The Bertz CT molecular complexity index is 425. The van der Waals surface area contributed by atoms with Gasteiger partial charge in [0.1, 0.15) is 0 Å². The molecule has 0 aliphatic carbocycles. The van der Waals surface area contributed by atoms with Crippen LogP contribution in [0.5, 0.6) is 0 Å². The molecule has 1 aromatic carbocycles. The van der Waals surface area contributed by atoms with Crippen LogP contribution in [0.15, 0.2) is 24.3 Å². The first-order chi connectivity index (χ1) is 9.72. The number of carbonyl (C=O) groups excluding carboxylic acids is 1. The summed E-state index contributed by atoms with van der Waals surface area (Å²) in [5.74, 6) is 0. The van der Waals surface area contributed by atoms with Crippen LogP contribution < -0.4 is 10.2 Å². The summed E-state index contributed by atoms with van der Waals surface area (Å²) in [7, 11) is 0. The summed E-state index contributed by atoms with van der Waals surface area (Å²) in [5, 5.41) is 2.70. The number of hydrogen-bond donors (Lipinski definition) is 1. The Morgan fingerprint density at radius 1 is 1.15 bits per heavy atom. The zero-order valence-corrected chi connectivity index (χ0v) is 12.3. The van der Waals surface area contributed by atoms with Crippen molar-refractivity contribution in [2.75, 3.05) is 49.5 Å². The van der Waals surface area contributed by atoms with E-state index < -0.39 is 6.09 Å². The molecular formula is C15H23N3O2. The van der Waals surface area contributed by atoms with Crippen LogP contribution in [0.1, 0.15) is 13.8 Å². The third-order valence-electron chi connectivity index (χ3n) is 3.57. The van der Waals surface area contributed by atoms with Gasteiger partial charge < -0.3 is 14.5 Å². The number of benzene rings is 1. The highest BCUT2D eigenvalue weighted by molar-refractivity contribution is 5.84. The molecule has 0 radical (unpaired) electrons. The van der Waals surface area contributed by atoms with Gasteiger partial charge in [0.25, 0.3) is 0 Å². The van der Waals surface area contributed by atoms with Crippen molar-refractivity contribution in [3.63, 3.8) is 0 Å². The van der Waals surface area contributed by atoms with E-state index in [9.17, 15) is 4.79 Å². The summed E-state index contributed by atoms with van der Waals surface area (Å²) in [6.45, 7) is 9.82. The molecule has 1 aliphatic heterocycles. The second kappa shape index (κ2) is 7.14. The fourth-order valence-electron chi connectivity index (χ4n) is 2.36. The third-order valence-corrected chi connectivity index (χ3v) is 3.57. The fraction of sp³-hybridized carbons (Fsp3) is 0.533. The highest BCUT2D eigenvalue weighted by Crippen LogP contribution is 2.19. The van der Waals surface area contributed by atoms with E-state index in [-0.39, 0.29) is 0 Å². The van der Waals surface area contributed by atoms with E-state index in [1.807, 2.05) is 24.3 Å². The van der Waals surface area contributed by atoms with Crippen LogP contribution in [0.3, 0.4) is 0 Å². The van der Waals surface area contributed by atoms with Crippen LogP contribution in [0.4, 0.5) is 16.2 Å². The van der Waals surface area contributed by atoms with E-state index in [0.29, 0.717) is 6.61 Å². The molecule has 0 unspecified atom stereocenters. The number of anilines is 2. The van der Waals surface area contributed by atoms with Gasteiger partial charge in [-0.2, -0.15) is 0 Å². The minimum absolute atomic E-state index is 0.381. The molecule has 1 amide bonds. The summed E-state index contributed by atoms with van der Waals surface area (Å²) < 4.78 is 4.85. The Hall–Kier alpha value is -1.75. The van der Waals surface area contributed by atoms with Gasteiger partial charge in [-0.3, -0.25) is 5.32 Å². The Morgan fingerprint density at radius 3 is 2.35 bits per heavy atom. The maximum absolute atomic E-state index is 11.3. The maximum Gasteiger partial charge on any atom is 0.411 e. The van der Waals surface area contributed by atoms with Gasteiger partial charge in [0, 0.05) is 37.6 Å². The first-order valence-electron chi connectivity index (χ1n) is 7.24. The summed E-state index contributed by atoms with van der Waals surface area (Å²) in [6.07, 6.45) is -0.406. The van der Waals surface area contributed by atoms with E-state index in [2.05, 4.69) is 22.0 Å². The summed E-state index contributed by atoms with van der Waals surface area (Å²) in [6, 6.07) is 7.92. The monoisotopic (exact) mass is 277 g/mol. The average molecular weight is 277 g/mol. The van der Waals surface area contributed by atoms with Crippen molar-refractivity contribution in [2.45, 2.75) is 13.8 Å². The molecule has 0 saturated carbocycles. The minimum Gasteiger partial charge on any atom is -0.450 e. The van der Waals surface area contributed by atoms with Crippen LogP contribution in [0, 0.1) is 0 Å². The van der Waals surface area contributed by atoms with Crippen molar-refractivity contribution in [3.05, 3.63) is 24.3 Å². The van der Waals surface area contributed by atoms with Gasteiger partial charge in [0.05, 0.1) is 6.61 Å². The van der Waals surface area contributed by atoms with Crippen molar-refractivity contribution in [1.29, 1.82) is 0 Å². The van der Waals surface area contributed by atoms with Crippen molar-refractivity contribution in [2.24, 2.45) is 0 Å². The smallest absolute Gasteiger partial charge is 0.411 e. The molecular weight excluding hydrogens is 254 g/mol. The van der Waals surface area contributed by atoms with Crippen molar-refractivity contribution in [3.8, 4) is 0 Å². The lowest BCUT2D eigenvalue weighted by molar-refractivity contribution is 0.168. The molecule has 0 aromatic heterocycles. The van der Waals surface area contributed by atoms with E-state index in [4.69, 9.17) is 4.74 Å². The molecule has 1 heterocycles. The summed E-state index contributed by atoms with van der Waals surface area (Å²) in [4.78, 5) is 16.1. The van der Waals surface area contributed by atoms with E-state index in [1.165, 1.54) is 5.69 Å². The van der Waals surface area contributed by atoms with E-state index in [0.717, 1.165) is 38.4 Å². The second-order valence-corrected chi connectivity index (χ2v) is 4.81. The number of rotatable bonds is 4. The lowest BCUT2D eigenvalue weighted by Crippen LogP contribution is -2.46. The molecule has 110 valence electrons. The molecule has 0 bridgehead atoms. The molecule has 0 spiro atoms. The lowest BCUT2D eigenvalue weighted by atomic mass is 10.2. The number of nitrogens with one attached hydrogen (secondary N) is 1. The molecule has 1 saturated heterocycles. The van der Waals surface area contributed by atoms with Gasteiger partial charge in [-0.05, 0) is 37.7 Å². The van der Waals surface area contributed by atoms with Gasteiger partial charge in [-0.25, -0.2) is 4.79 Å². The molecule has 5 nitrogen and oxygen atoms in total. The number of carbonyl (C=O) groups is 1. The van der Waals surface area contributed by atoms with Crippen LogP contribution in [-0.4, -0.2) is 50.3 Å². The number of likely N-dealkylation sites (N-methyl/N-ethyl adjacent to an activating group) is 1. The first-order valence-corrected chi connectivity index (χ1v) is 7.24. The highest BCUT2D eigenvalue weighted by atomic mass is 16.5. The normalized spacial score (nSPS) is 16.0. The molecule has 5 heteroatoms. The zero-order chi connectivity index (χ0) is 14.4. The summed E-state index contributed by atoms with van der Waals surface area (Å²) >= 11 is 0. The number of nitrogens with zero attached hydrogens (tertiary/aromatic N) is 2. The van der Waals surface area contributed by atoms with Crippen LogP contribution in [0.2, 0.25) is 0 Å². The molecule has 0 atom stereocenters. The first kappa shape index (κ1) is 14.7. The van der Waals surface area contributed by atoms with Gasteiger partial charge in [0.2, 0.25) is 0 Å². The second-order valence-electron chi connectivity index (χ2n) is 4.81. The molecule has 20 heavy (non-hydrogen) atoms. The Balaban J connectivity index is 1.90. The Morgan fingerprint density at radius 2 is 1.80 bits per heavy atom. The molecule has 1 aliphatic rings. The topological polar surface area (TPSA) is 44.8 Å². The quantitative estimate of drug-likeness (QED) is 0.918. The SMILES string of the molecule is CCOC(=O)Nc1ccc(N2CCN(CC)CC2)cc1. The fourth-order valence-corrected chi connectivity index (χ4v) is 2.36. The average Bonchev–Trinajstić information content (AvgIpc) is 2.48. The van der Waals surface area contributed by atoms with Gasteiger partial charge in [0.15, 0.2) is 0 Å². The Kier molecular flexibility index (Phi) is 5.24. The maximum atomic E-state index is 11.3. The van der Waals surface area contributed by atoms with E-state index >= 15 is 0 Å². The standard InChI is InChI=1S/C15H23N3O2/c1-3-17-9-11-18(12-10-17)14-7-5-13(6-8-14)16-15(19)20-4-2/h5-8H,3-4,9-12H2,1-2H3,(H,16,19). The van der Waals surface area contributed by atoms with Gasteiger partial charge in [-0.1, -0.05) is 6.92 Å². The highest BCUT2D eigenvalue weighted by Gasteiger charge is 2.15. The number of hydrogen-bond acceptors (Lipinski definition) is 4. The Labute approximate surface area is 120 Å². The minimum atomic E-state index is -0.406. The van der Waals surface area contributed by atoms with Crippen LogP contribution >= 0.6 is 0 Å². The number of ether oxygens (including phenoxy) is 1. The molecule has 2 rings (SSSR count). The zero-order valence-electron chi connectivity index (χ0n) is 12.3. The van der Waals surface area contributed by atoms with E-state index in [1.54, 1.807) is 6.92 Å². The molecule has 1 aromatic rings. The van der Waals surface area contributed by atoms with Crippen molar-refractivity contribution >= 4 is 17.5 Å². The predicted octanol–water partition coefficient (Wildman–Crippen LogP) is 2.40. The van der Waals surface area contributed by atoms with Crippen molar-refractivity contribution < 1.29 is 9.53 Å². The lowest BCUT2D eigenvalue weighted by Gasteiger charge is -2.35. The van der Waals surface area contributed by atoms with Gasteiger partial charge >= 0.3 is 6.09 Å². The number of piperazine rings is 1. The molecule has 1 fully saturated rings. The van der Waals surface area contributed by atoms with Gasteiger partial charge in [-0.15, -0.1) is 0 Å². The van der Waals surface area contributed by atoms with Crippen LogP contribution in [0.25, 0.3) is 0 Å². The molecule has 1 N–H and O–H groups in total. The third kappa shape index (κ3) is 3.87. The predicted molar refractivity (Wildman–Crippen MR) is 81.4 cm³/mol. The summed E-state index contributed by atoms with van der Waals surface area (Å²) in [5.41, 5.74) is 1.97.